The molecule has 7 aromatic carbocycles. The third kappa shape index (κ3) is 4.96. The number of benzene rings is 7. The maximum atomic E-state index is 6.71. The molecular formula is C55H49BN2OS. The molecule has 1 aliphatic carbocycles. The quantitative estimate of drug-likeness (QED) is 0.163. The lowest BCUT2D eigenvalue weighted by atomic mass is 9.43. The minimum Gasteiger partial charge on any atom is -0.456 e. The number of anilines is 5. The normalized spacial score (nSPS) is 16.4. The first-order valence-corrected chi connectivity index (χ1v) is 22.5. The molecule has 0 spiro atoms. The highest BCUT2D eigenvalue weighted by molar-refractivity contribution is 7.26. The van der Waals surface area contributed by atoms with Gasteiger partial charge in [-0.3, -0.25) is 0 Å². The Hall–Kier alpha value is -5.78. The fourth-order valence-corrected chi connectivity index (χ4v) is 12.3. The van der Waals surface area contributed by atoms with Crippen LogP contribution in [0.25, 0.3) is 53.9 Å². The van der Waals surface area contributed by atoms with Crippen LogP contribution in [0.4, 0.5) is 27.8 Å². The van der Waals surface area contributed by atoms with Gasteiger partial charge >= 0.3 is 6.85 Å². The van der Waals surface area contributed by atoms with Crippen molar-refractivity contribution in [2.24, 2.45) is 0 Å². The lowest BCUT2D eigenvalue weighted by Gasteiger charge is -2.46. The minimum absolute atomic E-state index is 0.0377. The molecule has 0 saturated heterocycles. The summed E-state index contributed by atoms with van der Waals surface area (Å²) in [6.07, 6.45) is 2.37. The summed E-state index contributed by atoms with van der Waals surface area (Å²) in [7, 11) is 0. The number of aryl methyl sites for hydroxylation is 1. The van der Waals surface area contributed by atoms with Gasteiger partial charge in [-0.1, -0.05) is 127 Å². The standard InChI is InChI=1S/C55H49BN2OS/c1-32-27-41-42(55(7,8)26-25-54(41,5)6)30-43(32)57-45-28-33-15-9-10-16-36(33)49-40-29-39-37-17-11-13-19-46(37)59-47(39)31-44(40)58(35-23-21-34(22-24-35)53(2,3)4)56(51(45)49)50-38-18-12-14-20-48(38)60-52(50)57/h9-24,27-31H,25-26H2,1-8H3. The van der Waals surface area contributed by atoms with Crippen molar-refractivity contribution in [3.8, 4) is 11.1 Å². The second-order valence-corrected chi connectivity index (χ2v) is 21.1. The molecule has 3 aliphatic rings. The van der Waals surface area contributed by atoms with E-state index in [1.165, 1.54) is 106 Å². The Balaban J connectivity index is 1.25. The largest absolute Gasteiger partial charge is 0.456 e. The summed E-state index contributed by atoms with van der Waals surface area (Å²) in [6, 6.07) is 48.5. The van der Waals surface area contributed by atoms with Crippen LogP contribution in [-0.2, 0) is 16.2 Å². The molecule has 60 heavy (non-hydrogen) atoms. The predicted octanol–water partition coefficient (Wildman–Crippen LogP) is 14.6. The van der Waals surface area contributed by atoms with E-state index < -0.39 is 0 Å². The average Bonchev–Trinajstić information content (AvgIpc) is 3.80. The lowest BCUT2D eigenvalue weighted by Crippen LogP contribution is -2.61. The maximum absolute atomic E-state index is 6.71. The molecule has 12 rings (SSSR count). The van der Waals surface area contributed by atoms with Gasteiger partial charge in [-0.05, 0) is 133 Å². The number of para-hydroxylation sites is 1. The van der Waals surface area contributed by atoms with Gasteiger partial charge in [-0.25, -0.2) is 0 Å². The topological polar surface area (TPSA) is 19.6 Å². The highest BCUT2D eigenvalue weighted by atomic mass is 32.1. The van der Waals surface area contributed by atoms with Gasteiger partial charge in [0.2, 0.25) is 0 Å². The van der Waals surface area contributed by atoms with Crippen molar-refractivity contribution in [3.63, 3.8) is 0 Å². The molecule has 0 atom stereocenters. The van der Waals surface area contributed by atoms with E-state index in [2.05, 4.69) is 192 Å². The summed E-state index contributed by atoms with van der Waals surface area (Å²) in [5, 5.41) is 7.45. The van der Waals surface area contributed by atoms with Gasteiger partial charge < -0.3 is 14.1 Å². The molecule has 9 aromatic rings. The van der Waals surface area contributed by atoms with Gasteiger partial charge in [-0.2, -0.15) is 0 Å². The number of thiophene rings is 1. The summed E-state index contributed by atoms with van der Waals surface area (Å²) in [6.45, 7) is 18.9. The number of hydrogen-bond acceptors (Lipinski definition) is 4. The van der Waals surface area contributed by atoms with Crippen LogP contribution in [0.2, 0.25) is 0 Å². The monoisotopic (exact) mass is 796 g/mol. The van der Waals surface area contributed by atoms with Crippen LogP contribution < -0.4 is 20.6 Å². The van der Waals surface area contributed by atoms with Crippen LogP contribution in [-0.4, -0.2) is 6.85 Å². The van der Waals surface area contributed by atoms with Crippen molar-refractivity contribution in [3.05, 3.63) is 150 Å². The molecule has 0 saturated carbocycles. The van der Waals surface area contributed by atoms with Crippen LogP contribution in [0.1, 0.15) is 83.6 Å². The van der Waals surface area contributed by atoms with Crippen LogP contribution in [0, 0.1) is 6.92 Å². The Morgan fingerprint density at radius 2 is 1.28 bits per heavy atom. The highest BCUT2D eigenvalue weighted by Crippen LogP contribution is 2.55. The van der Waals surface area contributed by atoms with Gasteiger partial charge in [0, 0.05) is 44.2 Å². The summed E-state index contributed by atoms with van der Waals surface area (Å²) in [5.41, 5.74) is 17.9. The molecule has 3 nitrogen and oxygen atoms in total. The van der Waals surface area contributed by atoms with Crippen molar-refractivity contribution in [1.82, 2.24) is 0 Å². The number of nitrogens with zero attached hydrogens (tertiary/aromatic N) is 2. The minimum atomic E-state index is -0.0925. The van der Waals surface area contributed by atoms with E-state index in [1.54, 1.807) is 0 Å². The molecule has 0 amide bonds. The maximum Gasteiger partial charge on any atom is 0.334 e. The molecule has 5 heteroatoms. The van der Waals surface area contributed by atoms with Crippen LogP contribution in [0.5, 0.6) is 0 Å². The summed E-state index contributed by atoms with van der Waals surface area (Å²) >= 11 is 1.94. The Kier molecular flexibility index (Phi) is 7.32. The third-order valence-corrected chi connectivity index (χ3v) is 15.5. The summed E-state index contributed by atoms with van der Waals surface area (Å²) < 4.78 is 8.02. The van der Waals surface area contributed by atoms with Gasteiger partial charge in [-0.15, -0.1) is 11.3 Å². The smallest absolute Gasteiger partial charge is 0.334 e. The zero-order valence-corrected chi connectivity index (χ0v) is 36.6. The molecule has 0 fully saturated rings. The van der Waals surface area contributed by atoms with Crippen molar-refractivity contribution >= 4 is 99.7 Å². The van der Waals surface area contributed by atoms with E-state index in [4.69, 9.17) is 4.42 Å². The molecule has 294 valence electrons. The molecule has 0 radical (unpaired) electrons. The number of furan rings is 1. The van der Waals surface area contributed by atoms with Crippen LogP contribution in [0.15, 0.2) is 132 Å². The zero-order valence-electron chi connectivity index (χ0n) is 35.8. The van der Waals surface area contributed by atoms with Crippen molar-refractivity contribution < 1.29 is 4.42 Å². The molecular weight excluding hydrogens is 747 g/mol. The van der Waals surface area contributed by atoms with E-state index in [9.17, 15) is 0 Å². The molecule has 0 bridgehead atoms. The molecule has 4 heterocycles. The number of rotatable bonds is 2. The second kappa shape index (κ2) is 12.2. The number of hydrogen-bond donors (Lipinski definition) is 0. The van der Waals surface area contributed by atoms with E-state index in [-0.39, 0.29) is 23.1 Å². The highest BCUT2D eigenvalue weighted by Gasteiger charge is 2.48. The van der Waals surface area contributed by atoms with Gasteiger partial charge in [0.15, 0.2) is 0 Å². The molecule has 2 aliphatic heterocycles. The van der Waals surface area contributed by atoms with Crippen LogP contribution >= 0.6 is 11.3 Å². The first-order chi connectivity index (χ1) is 28.8. The predicted molar refractivity (Wildman–Crippen MR) is 259 cm³/mol. The molecule has 2 aromatic heterocycles. The Bertz CT molecular complexity index is 3290. The number of fused-ring (bicyclic) bond motifs is 12. The van der Waals surface area contributed by atoms with E-state index >= 15 is 0 Å². The van der Waals surface area contributed by atoms with E-state index in [0.717, 1.165) is 21.9 Å². The third-order valence-electron chi connectivity index (χ3n) is 14.4. The van der Waals surface area contributed by atoms with Gasteiger partial charge in [0.25, 0.3) is 0 Å². The van der Waals surface area contributed by atoms with E-state index in [1.807, 2.05) is 11.3 Å². The fourth-order valence-electron chi connectivity index (χ4n) is 11.0. The fraction of sp³-hybridized carbons (Fsp3) is 0.236. The van der Waals surface area contributed by atoms with Gasteiger partial charge in [0.1, 0.15) is 11.2 Å². The zero-order chi connectivity index (χ0) is 41.0. The lowest BCUT2D eigenvalue weighted by molar-refractivity contribution is 0.332. The Morgan fingerprint density at radius 3 is 2.03 bits per heavy atom. The first kappa shape index (κ1) is 36.1. The van der Waals surface area contributed by atoms with Crippen molar-refractivity contribution in [2.45, 2.75) is 84.5 Å². The first-order valence-electron chi connectivity index (χ1n) is 21.7. The Morgan fingerprint density at radius 1 is 0.617 bits per heavy atom. The summed E-state index contributed by atoms with van der Waals surface area (Å²) in [5.74, 6) is 0. The van der Waals surface area contributed by atoms with Crippen molar-refractivity contribution in [2.75, 3.05) is 9.71 Å². The SMILES string of the molecule is Cc1cc2c(cc1N1c3cc4ccccc4c4c3B(c3c1sc1ccccc31)N(c1ccc(C(C)(C)C)cc1)c1cc3oc5ccccc5c3cc1-4)C(C)(C)CCC2(C)C. The second-order valence-electron chi connectivity index (χ2n) is 20.0. The van der Waals surface area contributed by atoms with Gasteiger partial charge in [0.05, 0.1) is 10.7 Å². The summed E-state index contributed by atoms with van der Waals surface area (Å²) in [4.78, 5) is 5.32. The molecule has 0 N–H and O–H groups in total. The Labute approximate surface area is 357 Å². The average molecular weight is 797 g/mol. The van der Waals surface area contributed by atoms with E-state index in [0.29, 0.717) is 0 Å². The van der Waals surface area contributed by atoms with Crippen LogP contribution in [0.3, 0.4) is 0 Å². The van der Waals surface area contributed by atoms with Crippen molar-refractivity contribution in [1.29, 1.82) is 0 Å². The molecule has 0 unspecified atom stereocenters.